The first-order valence-electron chi connectivity index (χ1n) is 8.68. The van der Waals surface area contributed by atoms with E-state index in [1.807, 2.05) is 0 Å². The van der Waals surface area contributed by atoms with Crippen molar-refractivity contribution in [2.45, 2.75) is 12.8 Å². The van der Waals surface area contributed by atoms with Crippen LogP contribution in [0, 0.1) is 0 Å². The number of fused-ring (bicyclic) bond motifs is 1. The number of halogens is 3. The molecule has 7 heteroatoms. The summed E-state index contributed by atoms with van der Waals surface area (Å²) in [7, 11) is 0. The van der Waals surface area contributed by atoms with E-state index in [1.54, 1.807) is 48.7 Å². The lowest BCUT2D eigenvalue weighted by molar-refractivity contribution is -0.137. The minimum atomic E-state index is -4.37. The van der Waals surface area contributed by atoms with Crippen LogP contribution in [0.1, 0.15) is 11.1 Å². The Bertz CT molecular complexity index is 1200. The summed E-state index contributed by atoms with van der Waals surface area (Å²) in [6.45, 7) is 0.0832. The molecule has 0 aliphatic heterocycles. The fraction of sp³-hybridized carbons (Fsp3) is 0.0909. The highest BCUT2D eigenvalue weighted by molar-refractivity contribution is 5.82. The predicted octanol–water partition coefficient (Wildman–Crippen LogP) is 5.45. The Morgan fingerprint density at radius 3 is 2.45 bits per heavy atom. The molecule has 0 aliphatic carbocycles. The average molecular weight is 397 g/mol. The van der Waals surface area contributed by atoms with Crippen LogP contribution in [0.25, 0.3) is 22.2 Å². The second-order valence-corrected chi connectivity index (χ2v) is 6.35. The number of alkyl halides is 3. The van der Waals surface area contributed by atoms with Gasteiger partial charge in [0.1, 0.15) is 17.9 Å². The highest BCUT2D eigenvalue weighted by atomic mass is 19.4. The van der Waals surface area contributed by atoms with Crippen molar-refractivity contribution in [3.05, 3.63) is 94.5 Å². The van der Waals surface area contributed by atoms with Crippen LogP contribution in [-0.4, -0.2) is 4.98 Å². The van der Waals surface area contributed by atoms with Crippen LogP contribution in [0.3, 0.4) is 0 Å². The quantitative estimate of drug-likeness (QED) is 0.430. The molecule has 0 amide bonds. The largest absolute Gasteiger partial charge is 0.489 e. The van der Waals surface area contributed by atoms with Crippen LogP contribution < -0.4 is 10.4 Å². The summed E-state index contributed by atoms with van der Waals surface area (Å²) in [5.74, 6) is 0.436. The maximum Gasteiger partial charge on any atom is 0.416 e. The van der Waals surface area contributed by atoms with E-state index in [1.165, 1.54) is 12.1 Å². The van der Waals surface area contributed by atoms with Gasteiger partial charge in [0.05, 0.1) is 16.8 Å². The van der Waals surface area contributed by atoms with Crippen LogP contribution in [0.5, 0.6) is 5.75 Å². The number of pyridine rings is 1. The van der Waals surface area contributed by atoms with Crippen molar-refractivity contribution in [1.29, 1.82) is 0 Å². The van der Waals surface area contributed by atoms with Crippen LogP contribution >= 0.6 is 0 Å². The standard InChI is InChI=1S/C22H14F3NO3/c23-22(24,25)16-7-4-14(5-8-16)13-28-17-9-6-15-11-18(19-3-1-2-10-26-19)21(27)29-20(15)12-17/h1-12H,13H2. The fourth-order valence-electron chi connectivity index (χ4n) is 2.84. The summed E-state index contributed by atoms with van der Waals surface area (Å²) in [6.07, 6.45) is -2.78. The highest BCUT2D eigenvalue weighted by Gasteiger charge is 2.29. The van der Waals surface area contributed by atoms with E-state index in [4.69, 9.17) is 9.15 Å². The minimum absolute atomic E-state index is 0.0832. The number of nitrogens with zero attached hydrogens (tertiary/aromatic N) is 1. The highest BCUT2D eigenvalue weighted by Crippen LogP contribution is 2.29. The van der Waals surface area contributed by atoms with Crippen molar-refractivity contribution in [3.8, 4) is 17.0 Å². The molecule has 4 rings (SSSR count). The van der Waals surface area contributed by atoms with Crippen molar-refractivity contribution in [2.24, 2.45) is 0 Å². The molecule has 29 heavy (non-hydrogen) atoms. The lowest BCUT2D eigenvalue weighted by atomic mass is 10.1. The van der Waals surface area contributed by atoms with Gasteiger partial charge >= 0.3 is 11.8 Å². The van der Waals surface area contributed by atoms with Gasteiger partial charge in [-0.15, -0.1) is 0 Å². The van der Waals surface area contributed by atoms with E-state index >= 15 is 0 Å². The number of ether oxygens (including phenoxy) is 1. The van der Waals surface area contributed by atoms with Gasteiger partial charge in [-0.2, -0.15) is 13.2 Å². The van der Waals surface area contributed by atoms with Gasteiger partial charge in [0, 0.05) is 17.6 Å². The van der Waals surface area contributed by atoms with Crippen molar-refractivity contribution in [2.75, 3.05) is 0 Å². The third-order valence-corrected chi connectivity index (χ3v) is 4.34. The summed E-state index contributed by atoms with van der Waals surface area (Å²) in [4.78, 5) is 16.5. The van der Waals surface area contributed by atoms with Crippen LogP contribution in [0.4, 0.5) is 13.2 Å². The summed E-state index contributed by atoms with van der Waals surface area (Å²) >= 11 is 0. The van der Waals surface area contributed by atoms with E-state index < -0.39 is 17.4 Å². The Kier molecular flexibility index (Phi) is 4.80. The molecular weight excluding hydrogens is 383 g/mol. The topological polar surface area (TPSA) is 52.3 Å². The molecule has 0 aliphatic rings. The van der Waals surface area contributed by atoms with Gasteiger partial charge in [0.2, 0.25) is 0 Å². The molecule has 2 aromatic carbocycles. The normalized spacial score (nSPS) is 11.6. The summed E-state index contributed by atoms with van der Waals surface area (Å²) in [5, 5.41) is 0.701. The van der Waals surface area contributed by atoms with Crippen molar-refractivity contribution >= 4 is 11.0 Å². The second-order valence-electron chi connectivity index (χ2n) is 6.35. The third-order valence-electron chi connectivity index (χ3n) is 4.34. The van der Waals surface area contributed by atoms with Gasteiger partial charge in [-0.25, -0.2) is 4.79 Å². The van der Waals surface area contributed by atoms with E-state index in [0.717, 1.165) is 12.1 Å². The molecule has 0 fully saturated rings. The first-order chi connectivity index (χ1) is 13.9. The first-order valence-corrected chi connectivity index (χ1v) is 8.68. The summed E-state index contributed by atoms with van der Waals surface area (Å²) < 4.78 is 48.9. The molecule has 0 radical (unpaired) electrons. The van der Waals surface area contributed by atoms with E-state index in [2.05, 4.69) is 4.98 Å². The van der Waals surface area contributed by atoms with Crippen molar-refractivity contribution in [1.82, 2.24) is 4.98 Å². The van der Waals surface area contributed by atoms with Crippen molar-refractivity contribution < 1.29 is 22.3 Å². The summed E-state index contributed by atoms with van der Waals surface area (Å²) in [6, 6.07) is 16.7. The molecule has 4 aromatic rings. The third kappa shape index (κ3) is 4.13. The van der Waals surface area contributed by atoms with Gasteiger partial charge in [0.25, 0.3) is 0 Å². The SMILES string of the molecule is O=c1oc2cc(OCc3ccc(C(F)(F)F)cc3)ccc2cc1-c1ccccn1. The zero-order valence-corrected chi connectivity index (χ0v) is 14.9. The Hall–Kier alpha value is -3.61. The maximum absolute atomic E-state index is 12.6. The van der Waals surface area contributed by atoms with Gasteiger partial charge in [-0.3, -0.25) is 4.98 Å². The second kappa shape index (κ2) is 7.43. The molecule has 146 valence electrons. The zero-order valence-electron chi connectivity index (χ0n) is 14.9. The van der Waals surface area contributed by atoms with Gasteiger partial charge in [0.15, 0.2) is 0 Å². The molecule has 0 atom stereocenters. The fourth-order valence-corrected chi connectivity index (χ4v) is 2.84. The smallest absolute Gasteiger partial charge is 0.416 e. The number of rotatable bonds is 4. The Morgan fingerprint density at radius 2 is 1.76 bits per heavy atom. The Morgan fingerprint density at radius 1 is 0.966 bits per heavy atom. The molecule has 0 unspecified atom stereocenters. The van der Waals surface area contributed by atoms with Crippen LogP contribution in [-0.2, 0) is 12.8 Å². The molecule has 0 saturated heterocycles. The molecule has 0 N–H and O–H groups in total. The van der Waals surface area contributed by atoms with E-state index in [-0.39, 0.29) is 6.61 Å². The number of aromatic nitrogens is 1. The van der Waals surface area contributed by atoms with Crippen molar-refractivity contribution in [3.63, 3.8) is 0 Å². The lowest BCUT2D eigenvalue weighted by Crippen LogP contribution is -2.05. The molecule has 0 bridgehead atoms. The molecule has 0 saturated carbocycles. The first kappa shape index (κ1) is 18.7. The van der Waals surface area contributed by atoms with Crippen LogP contribution in [0.2, 0.25) is 0 Å². The molecule has 4 nitrogen and oxygen atoms in total. The molecule has 2 aromatic heterocycles. The van der Waals surface area contributed by atoms with E-state index in [0.29, 0.717) is 33.5 Å². The van der Waals surface area contributed by atoms with Gasteiger partial charge in [-0.05, 0) is 48.0 Å². The van der Waals surface area contributed by atoms with Crippen LogP contribution in [0.15, 0.2) is 82.1 Å². The lowest BCUT2D eigenvalue weighted by Gasteiger charge is -2.09. The van der Waals surface area contributed by atoms with Gasteiger partial charge in [-0.1, -0.05) is 18.2 Å². The zero-order chi connectivity index (χ0) is 20.4. The van der Waals surface area contributed by atoms with Gasteiger partial charge < -0.3 is 9.15 Å². The molecule has 2 heterocycles. The number of hydrogen-bond acceptors (Lipinski definition) is 4. The monoisotopic (exact) mass is 397 g/mol. The molecule has 0 spiro atoms. The Labute approximate surface area is 163 Å². The van der Waals surface area contributed by atoms with E-state index in [9.17, 15) is 18.0 Å². The maximum atomic E-state index is 12.6. The number of hydrogen-bond donors (Lipinski definition) is 0. The minimum Gasteiger partial charge on any atom is -0.489 e. The molecular formula is C22H14F3NO3. The average Bonchev–Trinajstić information content (AvgIpc) is 2.72. The Balaban J connectivity index is 1.54. The number of benzene rings is 2. The summed E-state index contributed by atoms with van der Waals surface area (Å²) in [5.41, 5.74) is 0.584. The predicted molar refractivity (Wildman–Crippen MR) is 101 cm³/mol.